The Morgan fingerprint density at radius 1 is 1.03 bits per heavy atom. The van der Waals surface area contributed by atoms with E-state index in [4.69, 9.17) is 4.74 Å². The average molecular weight is 436 g/mol. The van der Waals surface area contributed by atoms with E-state index in [-0.39, 0.29) is 46.9 Å². The number of aromatic nitrogens is 2. The molecule has 32 heavy (non-hydrogen) atoms. The van der Waals surface area contributed by atoms with Crippen molar-refractivity contribution >= 4 is 34.5 Å². The number of piperazine rings is 1. The molecule has 1 aliphatic rings. The molecule has 1 aromatic carbocycles. The molecule has 10 nitrogen and oxygen atoms in total. The van der Waals surface area contributed by atoms with Gasteiger partial charge in [0.1, 0.15) is 5.75 Å². The van der Waals surface area contributed by atoms with Crippen molar-refractivity contribution in [2.75, 3.05) is 33.3 Å². The van der Waals surface area contributed by atoms with Crippen LogP contribution < -0.4 is 4.74 Å². The van der Waals surface area contributed by atoms with Crippen molar-refractivity contribution in [1.82, 2.24) is 19.8 Å². The van der Waals surface area contributed by atoms with Crippen LogP contribution in [-0.4, -0.2) is 81.7 Å². The number of carboxylic acid groups (broad SMARTS) is 1. The normalized spacial score (nSPS) is 13.8. The zero-order chi connectivity index (χ0) is 22.8. The zero-order valence-corrected chi connectivity index (χ0v) is 17.2. The topological polar surface area (TPSA) is 133 Å². The van der Waals surface area contributed by atoms with Crippen LogP contribution in [0, 0.1) is 0 Å². The molecule has 2 amide bonds. The molecule has 1 fully saturated rings. The van der Waals surface area contributed by atoms with Crippen molar-refractivity contribution in [3.05, 3.63) is 59.5 Å². The standard InChI is InChI=1S/C22H20N4O6/c1-32-15-12-24-18(22(30)31)17-16(15)14(11-23-17)19(27)21(29)26-9-7-25(8-10-26)20(28)13-5-3-2-4-6-13/h2-6,11-12,23H,7-10H2,1H3,(H,30,31). The van der Waals surface area contributed by atoms with E-state index in [2.05, 4.69) is 9.97 Å². The number of amides is 2. The maximum absolute atomic E-state index is 13.0. The number of H-pyrrole nitrogens is 1. The van der Waals surface area contributed by atoms with E-state index < -0.39 is 17.7 Å². The van der Waals surface area contributed by atoms with Gasteiger partial charge in [0, 0.05) is 37.9 Å². The molecule has 0 atom stereocenters. The summed E-state index contributed by atoms with van der Waals surface area (Å²) in [5.41, 5.74) is 0.401. The summed E-state index contributed by atoms with van der Waals surface area (Å²) >= 11 is 0. The van der Waals surface area contributed by atoms with Gasteiger partial charge in [0.2, 0.25) is 0 Å². The molecule has 3 aromatic rings. The minimum atomic E-state index is -1.27. The third-order valence-electron chi connectivity index (χ3n) is 5.41. The maximum atomic E-state index is 13.0. The Labute approximate surface area is 182 Å². The summed E-state index contributed by atoms with van der Waals surface area (Å²) in [6.45, 7) is 1.03. The number of carbonyl (C=O) groups excluding carboxylic acids is 3. The van der Waals surface area contributed by atoms with Gasteiger partial charge in [-0.2, -0.15) is 0 Å². The van der Waals surface area contributed by atoms with Gasteiger partial charge in [0.25, 0.3) is 17.6 Å². The Kier molecular flexibility index (Phi) is 5.59. The number of hydrogen-bond donors (Lipinski definition) is 2. The summed E-state index contributed by atoms with van der Waals surface area (Å²) in [6, 6.07) is 8.86. The second-order valence-electron chi connectivity index (χ2n) is 7.21. The van der Waals surface area contributed by atoms with E-state index in [0.29, 0.717) is 18.7 Å². The van der Waals surface area contributed by atoms with Crippen molar-refractivity contribution in [3.8, 4) is 5.75 Å². The van der Waals surface area contributed by atoms with Crippen LogP contribution >= 0.6 is 0 Å². The highest BCUT2D eigenvalue weighted by Gasteiger charge is 2.31. The first-order valence-electron chi connectivity index (χ1n) is 9.87. The number of aromatic amines is 1. The van der Waals surface area contributed by atoms with Crippen molar-refractivity contribution < 1.29 is 29.0 Å². The first-order chi connectivity index (χ1) is 15.4. The van der Waals surface area contributed by atoms with E-state index in [1.165, 1.54) is 24.4 Å². The predicted molar refractivity (Wildman–Crippen MR) is 113 cm³/mol. The van der Waals surface area contributed by atoms with Crippen LogP contribution in [0.4, 0.5) is 0 Å². The van der Waals surface area contributed by atoms with E-state index >= 15 is 0 Å². The zero-order valence-electron chi connectivity index (χ0n) is 17.2. The number of benzene rings is 1. The van der Waals surface area contributed by atoms with Gasteiger partial charge in [-0.3, -0.25) is 14.4 Å². The lowest BCUT2D eigenvalue weighted by Crippen LogP contribution is -2.52. The predicted octanol–water partition coefficient (Wildman–Crippen LogP) is 1.44. The fourth-order valence-corrected chi connectivity index (χ4v) is 3.75. The highest BCUT2D eigenvalue weighted by atomic mass is 16.5. The molecule has 0 unspecified atom stereocenters. The third-order valence-corrected chi connectivity index (χ3v) is 5.41. The number of nitrogens with one attached hydrogen (secondary N) is 1. The second kappa shape index (κ2) is 8.50. The van der Waals surface area contributed by atoms with Crippen molar-refractivity contribution in [1.29, 1.82) is 0 Å². The van der Waals surface area contributed by atoms with Gasteiger partial charge >= 0.3 is 5.97 Å². The molecule has 164 valence electrons. The number of fused-ring (bicyclic) bond motifs is 1. The molecule has 3 heterocycles. The van der Waals surface area contributed by atoms with Crippen LogP contribution in [-0.2, 0) is 4.79 Å². The van der Waals surface area contributed by atoms with Crippen LogP contribution in [0.2, 0.25) is 0 Å². The number of rotatable bonds is 5. The number of carbonyl (C=O) groups is 4. The molecule has 0 bridgehead atoms. The fraction of sp³-hybridized carbons (Fsp3) is 0.227. The van der Waals surface area contributed by atoms with Crippen LogP contribution in [0.1, 0.15) is 31.2 Å². The van der Waals surface area contributed by atoms with Gasteiger partial charge in [0.15, 0.2) is 5.69 Å². The summed E-state index contributed by atoms with van der Waals surface area (Å²) in [5, 5.41) is 9.53. The maximum Gasteiger partial charge on any atom is 0.356 e. The lowest BCUT2D eigenvalue weighted by atomic mass is 10.1. The highest BCUT2D eigenvalue weighted by molar-refractivity contribution is 6.45. The Hall–Kier alpha value is -4.21. The first-order valence-corrected chi connectivity index (χ1v) is 9.87. The number of carboxylic acids is 1. The van der Waals surface area contributed by atoms with Crippen LogP contribution in [0.25, 0.3) is 10.9 Å². The molecular weight excluding hydrogens is 416 g/mol. The molecule has 0 saturated carbocycles. The summed E-state index contributed by atoms with van der Waals surface area (Å²) in [5.74, 6) is -2.74. The fourth-order valence-electron chi connectivity index (χ4n) is 3.75. The lowest BCUT2D eigenvalue weighted by Gasteiger charge is -2.34. The van der Waals surface area contributed by atoms with Crippen LogP contribution in [0.15, 0.2) is 42.7 Å². The van der Waals surface area contributed by atoms with Crippen LogP contribution in [0.5, 0.6) is 5.75 Å². The molecule has 1 aliphatic heterocycles. The Morgan fingerprint density at radius 2 is 1.69 bits per heavy atom. The average Bonchev–Trinajstić information content (AvgIpc) is 3.28. The van der Waals surface area contributed by atoms with E-state index in [0.717, 1.165) is 0 Å². The first kappa shape index (κ1) is 21.0. The van der Waals surface area contributed by atoms with Gasteiger partial charge in [-0.15, -0.1) is 0 Å². The van der Waals surface area contributed by atoms with E-state index in [9.17, 15) is 24.3 Å². The molecule has 0 radical (unpaired) electrons. The molecule has 10 heteroatoms. The molecule has 1 saturated heterocycles. The molecule has 2 aromatic heterocycles. The van der Waals surface area contributed by atoms with Gasteiger partial charge in [-0.05, 0) is 12.1 Å². The summed E-state index contributed by atoms with van der Waals surface area (Å²) in [7, 11) is 1.36. The molecule has 0 aliphatic carbocycles. The van der Waals surface area contributed by atoms with Gasteiger partial charge < -0.3 is 24.6 Å². The van der Waals surface area contributed by atoms with Crippen molar-refractivity contribution in [3.63, 3.8) is 0 Å². The summed E-state index contributed by atoms with van der Waals surface area (Å²) in [6.07, 6.45) is 2.49. The van der Waals surface area contributed by atoms with Crippen molar-refractivity contribution in [2.24, 2.45) is 0 Å². The second-order valence-corrected chi connectivity index (χ2v) is 7.21. The number of hydrogen-bond acceptors (Lipinski definition) is 6. The number of pyridine rings is 1. The minimum absolute atomic E-state index is 0.00883. The summed E-state index contributed by atoms with van der Waals surface area (Å²) in [4.78, 5) is 59.5. The smallest absolute Gasteiger partial charge is 0.356 e. The number of aromatic carboxylic acids is 1. The van der Waals surface area contributed by atoms with Crippen LogP contribution in [0.3, 0.4) is 0 Å². The number of ketones is 1. The van der Waals surface area contributed by atoms with E-state index in [1.54, 1.807) is 29.2 Å². The SMILES string of the molecule is COc1cnc(C(=O)O)c2[nH]cc(C(=O)C(=O)N3CCN(C(=O)c4ccccc4)CC3)c12. The lowest BCUT2D eigenvalue weighted by molar-refractivity contribution is -0.127. The minimum Gasteiger partial charge on any atom is -0.494 e. The van der Waals surface area contributed by atoms with Gasteiger partial charge in [-0.25, -0.2) is 9.78 Å². The number of methoxy groups -OCH3 is 1. The molecule has 4 rings (SSSR count). The van der Waals surface area contributed by atoms with Gasteiger partial charge in [0.05, 0.1) is 29.8 Å². The Morgan fingerprint density at radius 3 is 2.31 bits per heavy atom. The summed E-state index contributed by atoms with van der Waals surface area (Å²) < 4.78 is 5.22. The number of ether oxygens (including phenoxy) is 1. The molecular formula is C22H20N4O6. The number of nitrogens with zero attached hydrogens (tertiary/aromatic N) is 3. The monoisotopic (exact) mass is 436 g/mol. The van der Waals surface area contributed by atoms with Gasteiger partial charge in [-0.1, -0.05) is 18.2 Å². The third kappa shape index (κ3) is 3.66. The number of Topliss-reactive ketones (excluding diaryl/α,β-unsaturated/α-hetero) is 1. The Balaban J connectivity index is 1.52. The van der Waals surface area contributed by atoms with Crippen molar-refractivity contribution in [2.45, 2.75) is 0 Å². The largest absolute Gasteiger partial charge is 0.494 e. The Bertz CT molecular complexity index is 1210. The quantitative estimate of drug-likeness (QED) is 0.457. The highest BCUT2D eigenvalue weighted by Crippen LogP contribution is 2.30. The van der Waals surface area contributed by atoms with E-state index in [1.807, 2.05) is 6.07 Å². The molecule has 2 N–H and O–H groups in total. The molecule has 0 spiro atoms.